The Kier molecular flexibility index (Phi) is 4.20. The van der Waals surface area contributed by atoms with E-state index in [2.05, 4.69) is 10.7 Å². The fraction of sp³-hybridized carbons (Fsp3) is 0. The number of hydrazine groups is 1. The number of para-hydroxylation sites is 1. The van der Waals surface area contributed by atoms with Crippen molar-refractivity contribution in [2.75, 3.05) is 10.7 Å². The molecule has 0 fully saturated rings. The Hall–Kier alpha value is -2.55. The summed E-state index contributed by atoms with van der Waals surface area (Å²) in [7, 11) is 0. The minimum Gasteiger partial charge on any atom is -0.323 e. The van der Waals surface area contributed by atoms with E-state index in [0.29, 0.717) is 22.5 Å². The van der Waals surface area contributed by atoms with E-state index in [1.54, 1.807) is 36.4 Å². The van der Waals surface area contributed by atoms with E-state index in [-0.39, 0.29) is 10.9 Å². The number of benzene rings is 2. The molecule has 6 heteroatoms. The lowest BCUT2D eigenvalue weighted by Gasteiger charge is -2.10. The molecule has 0 aliphatic carbocycles. The number of carbonyl (C=O) groups is 1. The van der Waals surface area contributed by atoms with Crippen LogP contribution in [0.1, 0.15) is 15.9 Å². The van der Waals surface area contributed by atoms with E-state index in [1.165, 1.54) is 6.07 Å². The largest absolute Gasteiger partial charge is 0.323 e. The topological polar surface area (TPSA) is 90.9 Å². The van der Waals surface area contributed by atoms with Gasteiger partial charge in [-0.1, -0.05) is 23.7 Å². The molecule has 0 heterocycles. The molecule has 0 spiro atoms. The number of amides is 1. The summed E-state index contributed by atoms with van der Waals surface area (Å²) in [6.07, 6.45) is 0. The summed E-state index contributed by atoms with van der Waals surface area (Å²) in [5.41, 5.74) is 4.25. The van der Waals surface area contributed by atoms with E-state index in [9.17, 15) is 4.79 Å². The molecule has 4 N–H and O–H groups in total. The van der Waals surface area contributed by atoms with Gasteiger partial charge in [0, 0.05) is 5.69 Å². The summed E-state index contributed by atoms with van der Waals surface area (Å²) in [5, 5.41) is 11.8. The van der Waals surface area contributed by atoms with Gasteiger partial charge < -0.3 is 10.7 Å². The lowest BCUT2D eigenvalue weighted by atomic mass is 10.1. The van der Waals surface area contributed by atoms with Gasteiger partial charge in [0.2, 0.25) is 0 Å². The van der Waals surface area contributed by atoms with Gasteiger partial charge >= 0.3 is 0 Å². The van der Waals surface area contributed by atoms with Crippen molar-refractivity contribution in [2.24, 2.45) is 5.84 Å². The van der Waals surface area contributed by atoms with Crippen molar-refractivity contribution in [2.45, 2.75) is 0 Å². The Morgan fingerprint density at radius 1 is 1.25 bits per heavy atom. The van der Waals surface area contributed by atoms with Gasteiger partial charge in [-0.15, -0.1) is 0 Å². The fourth-order valence-corrected chi connectivity index (χ4v) is 1.91. The average molecular weight is 287 g/mol. The summed E-state index contributed by atoms with van der Waals surface area (Å²) in [6, 6.07) is 13.5. The van der Waals surface area contributed by atoms with Crippen molar-refractivity contribution in [3.05, 3.63) is 58.6 Å². The first-order valence-electron chi connectivity index (χ1n) is 5.72. The molecule has 0 bridgehead atoms. The van der Waals surface area contributed by atoms with Crippen LogP contribution in [-0.2, 0) is 0 Å². The Bertz CT molecular complexity index is 694. The highest BCUT2D eigenvalue weighted by Gasteiger charge is 2.11. The van der Waals surface area contributed by atoms with Crippen LogP contribution in [0.3, 0.4) is 0 Å². The molecular formula is C14H11ClN4O. The highest BCUT2D eigenvalue weighted by Crippen LogP contribution is 2.22. The zero-order valence-electron chi connectivity index (χ0n) is 10.4. The second-order valence-electron chi connectivity index (χ2n) is 3.95. The van der Waals surface area contributed by atoms with Crippen molar-refractivity contribution in [1.82, 2.24) is 0 Å². The fourth-order valence-electron chi connectivity index (χ4n) is 1.69. The van der Waals surface area contributed by atoms with E-state index in [0.717, 1.165) is 0 Å². The summed E-state index contributed by atoms with van der Waals surface area (Å²) in [6.45, 7) is 0. The van der Waals surface area contributed by atoms with Crippen molar-refractivity contribution in [1.29, 1.82) is 5.26 Å². The van der Waals surface area contributed by atoms with Crippen LogP contribution in [0.15, 0.2) is 42.5 Å². The molecule has 0 unspecified atom stereocenters. The highest BCUT2D eigenvalue weighted by atomic mass is 35.5. The zero-order valence-corrected chi connectivity index (χ0v) is 11.1. The van der Waals surface area contributed by atoms with Gasteiger partial charge in [0.25, 0.3) is 5.91 Å². The number of hydrogen-bond donors (Lipinski definition) is 3. The molecule has 1 amide bonds. The van der Waals surface area contributed by atoms with Crippen molar-refractivity contribution in [3.63, 3.8) is 0 Å². The van der Waals surface area contributed by atoms with E-state index in [1.807, 2.05) is 6.07 Å². The molecule has 100 valence electrons. The van der Waals surface area contributed by atoms with Crippen molar-refractivity contribution < 1.29 is 4.79 Å². The van der Waals surface area contributed by atoms with Gasteiger partial charge in [0.1, 0.15) is 6.07 Å². The molecule has 0 aliphatic rings. The monoisotopic (exact) mass is 286 g/mol. The predicted molar refractivity (Wildman–Crippen MR) is 78.4 cm³/mol. The minimum absolute atomic E-state index is 0.288. The second-order valence-corrected chi connectivity index (χ2v) is 4.36. The molecule has 0 aliphatic heterocycles. The number of nitrogens with two attached hydrogens (primary N) is 1. The van der Waals surface area contributed by atoms with E-state index >= 15 is 0 Å². The number of nitrogen functional groups attached to an aromatic ring is 1. The number of nitrogens with zero attached hydrogens (tertiary/aromatic N) is 1. The third-order valence-electron chi connectivity index (χ3n) is 2.67. The molecule has 5 nitrogen and oxygen atoms in total. The summed E-state index contributed by atoms with van der Waals surface area (Å²) in [4.78, 5) is 12.1. The molecule has 2 aromatic carbocycles. The van der Waals surface area contributed by atoms with Gasteiger partial charge in [-0.3, -0.25) is 10.6 Å². The number of carbonyl (C=O) groups excluding carboxylic acids is 1. The molecule has 0 saturated carbocycles. The first kappa shape index (κ1) is 13.9. The average Bonchev–Trinajstić information content (AvgIpc) is 2.47. The summed E-state index contributed by atoms with van der Waals surface area (Å²) < 4.78 is 0. The lowest BCUT2D eigenvalue weighted by Crippen LogP contribution is -2.17. The van der Waals surface area contributed by atoms with Crippen LogP contribution in [0, 0.1) is 11.3 Å². The summed E-state index contributed by atoms with van der Waals surface area (Å²) in [5.74, 6) is 5.04. The van der Waals surface area contributed by atoms with E-state index < -0.39 is 0 Å². The Morgan fingerprint density at radius 3 is 2.65 bits per heavy atom. The van der Waals surface area contributed by atoms with Gasteiger partial charge in [0.15, 0.2) is 0 Å². The van der Waals surface area contributed by atoms with Crippen LogP contribution in [0.5, 0.6) is 0 Å². The van der Waals surface area contributed by atoms with Crippen LogP contribution >= 0.6 is 11.6 Å². The number of anilines is 2. The lowest BCUT2D eigenvalue weighted by molar-refractivity contribution is 0.102. The van der Waals surface area contributed by atoms with E-state index in [4.69, 9.17) is 22.7 Å². The maximum absolute atomic E-state index is 12.1. The Labute approximate surface area is 120 Å². The third-order valence-corrected chi connectivity index (χ3v) is 2.99. The molecule has 20 heavy (non-hydrogen) atoms. The van der Waals surface area contributed by atoms with Gasteiger partial charge in [-0.2, -0.15) is 5.26 Å². The molecule has 0 aromatic heterocycles. The Morgan fingerprint density at radius 2 is 2.00 bits per heavy atom. The molecule has 0 atom stereocenters. The van der Waals surface area contributed by atoms with Gasteiger partial charge in [0.05, 0.1) is 21.8 Å². The molecule has 0 saturated heterocycles. The number of hydrogen-bond acceptors (Lipinski definition) is 4. The normalized spacial score (nSPS) is 9.65. The minimum atomic E-state index is -0.320. The molecule has 2 aromatic rings. The molecule has 0 radical (unpaired) electrons. The summed E-state index contributed by atoms with van der Waals surface area (Å²) >= 11 is 5.91. The number of nitrogens with one attached hydrogen (secondary N) is 2. The first-order chi connectivity index (χ1) is 9.65. The SMILES string of the molecule is N#Cc1ccc(NC(=O)c2ccccc2NN)cc1Cl. The third kappa shape index (κ3) is 2.88. The number of nitriles is 1. The van der Waals surface area contributed by atoms with Crippen LogP contribution in [-0.4, -0.2) is 5.91 Å². The zero-order chi connectivity index (χ0) is 14.5. The quantitative estimate of drug-likeness (QED) is 0.598. The molecule has 2 rings (SSSR count). The number of halogens is 1. The molecular weight excluding hydrogens is 276 g/mol. The standard InChI is InChI=1S/C14H11ClN4O/c15-12-7-10(6-5-9(12)8-16)18-14(20)11-3-1-2-4-13(11)19-17/h1-7,19H,17H2,(H,18,20). The maximum atomic E-state index is 12.1. The number of rotatable bonds is 3. The first-order valence-corrected chi connectivity index (χ1v) is 6.10. The van der Waals surface area contributed by atoms with Crippen molar-refractivity contribution >= 4 is 28.9 Å². The van der Waals surface area contributed by atoms with Crippen molar-refractivity contribution in [3.8, 4) is 6.07 Å². The van der Waals surface area contributed by atoms with Gasteiger partial charge in [-0.25, -0.2) is 0 Å². The smallest absolute Gasteiger partial charge is 0.257 e. The second kappa shape index (κ2) is 6.06. The maximum Gasteiger partial charge on any atom is 0.257 e. The Balaban J connectivity index is 2.24. The van der Waals surface area contributed by atoms with Crippen LogP contribution in [0.4, 0.5) is 11.4 Å². The predicted octanol–water partition coefficient (Wildman–Crippen LogP) is 2.75. The van der Waals surface area contributed by atoms with Gasteiger partial charge in [-0.05, 0) is 30.3 Å². The van der Waals surface area contributed by atoms with Crippen LogP contribution in [0.25, 0.3) is 0 Å². The van der Waals surface area contributed by atoms with Crippen LogP contribution in [0.2, 0.25) is 5.02 Å². The van der Waals surface area contributed by atoms with Crippen LogP contribution < -0.4 is 16.6 Å². The highest BCUT2D eigenvalue weighted by molar-refractivity contribution is 6.32.